The van der Waals surface area contributed by atoms with Crippen molar-refractivity contribution in [2.24, 2.45) is 0 Å². The van der Waals surface area contributed by atoms with E-state index in [1.807, 2.05) is 0 Å². The van der Waals surface area contributed by atoms with Crippen molar-refractivity contribution in [3.63, 3.8) is 0 Å². The molecule has 354 valence electrons. The molecule has 37 rings (SSSR count). The standard InChI is InChI=1S/C78H18O4/c1-75(2,3)79-81-77-69-62-53-41-31-21-12-9-7-8-10-14-15-13(7)19-18-16(9)22-25(21)37(41)48-45-33(22)32(18)43-42-34(19)35-28(15)29-23(14)27-26-17(10)24-20(11(8)12)30(31)40-36(24)46-38(26)47-39(27)49-44(29)51-50(35)52(42)67-68-56(43)55(45)64(57(48)62)71(77)74(68)78(82-80-76(4,5)6)70(67)61(51)59(49)66-60(47)65(72(77)73(66)78)58(46)63(69)54(40)53/h1-6H3. The lowest BCUT2D eigenvalue weighted by molar-refractivity contribution is -0.400. The Morgan fingerprint density at radius 2 is 0.244 bits per heavy atom. The van der Waals surface area contributed by atoms with Crippen LogP contribution < -0.4 is 0 Å². The quantitative estimate of drug-likeness (QED) is 0.0762. The first-order valence-electron chi connectivity index (χ1n) is 30.4. The predicted molar refractivity (Wildman–Crippen MR) is 340 cm³/mol. The van der Waals surface area contributed by atoms with Crippen LogP contribution >= 0.6 is 0 Å². The summed E-state index contributed by atoms with van der Waals surface area (Å²) in [5.74, 6) is 0. The molecule has 5 aliphatic rings. The van der Waals surface area contributed by atoms with Gasteiger partial charge in [0.2, 0.25) is 0 Å². The normalized spacial score (nSPS) is 21.6. The van der Waals surface area contributed by atoms with Crippen LogP contribution in [0.1, 0.15) is 74.9 Å². The van der Waals surface area contributed by atoms with Crippen molar-refractivity contribution in [2.75, 3.05) is 0 Å². The Morgan fingerprint density at radius 1 is 0.146 bits per heavy atom. The molecule has 0 aromatic heterocycles. The topological polar surface area (TPSA) is 36.9 Å². The van der Waals surface area contributed by atoms with Gasteiger partial charge in [-0.1, -0.05) is 0 Å². The summed E-state index contributed by atoms with van der Waals surface area (Å²) in [6.07, 6.45) is 0. The highest BCUT2D eigenvalue weighted by Crippen LogP contribution is 2.85. The van der Waals surface area contributed by atoms with Gasteiger partial charge in [-0.2, -0.15) is 0 Å². The Kier molecular flexibility index (Phi) is 2.89. The van der Waals surface area contributed by atoms with Gasteiger partial charge >= 0.3 is 0 Å². The predicted octanol–water partition coefficient (Wildman–Crippen LogP) is 21.3. The molecule has 0 radical (unpaired) electrons. The molecule has 2 atom stereocenters. The zero-order valence-corrected chi connectivity index (χ0v) is 43.6. The fraction of sp³-hybridized carbons (Fsp3) is 0.128. The van der Waals surface area contributed by atoms with Gasteiger partial charge in [0.25, 0.3) is 0 Å². The molecule has 2 unspecified atom stereocenters. The van der Waals surface area contributed by atoms with Crippen LogP contribution in [0.5, 0.6) is 0 Å². The Hall–Kier alpha value is -9.00. The second-order valence-electron chi connectivity index (χ2n) is 31.4. The molecular formula is C78H18O4. The molecule has 0 aliphatic heterocycles. The van der Waals surface area contributed by atoms with Crippen molar-refractivity contribution >= 4 is 334 Å². The highest BCUT2D eigenvalue weighted by atomic mass is 17.2. The number of rotatable bonds is 4. The second kappa shape index (κ2) is 7.30. The van der Waals surface area contributed by atoms with Gasteiger partial charge in [0.1, 0.15) is 0 Å². The third-order valence-corrected chi connectivity index (χ3v) is 27.7. The van der Waals surface area contributed by atoms with Gasteiger partial charge in [-0.25, -0.2) is 19.6 Å². The maximum absolute atomic E-state index is 8.28. The SMILES string of the molecule is CC(C)(C)OOC12c3c4c5c6c7c8c9c%10c(c1c1c%11c%12c2c2c%13c3c5c3c5c6c6c7c7c9c9c%14c%10c1c1c%11c%10c%11c%12c2c2c%12c%13c3c3c5c5c6c6c7c9c7c9c%14c1c1c%10c%10c%11c2c2c%12c3c3c5c6c7c5c(c19)c%10c2c35)C48OOC(C)(C)C. The van der Waals surface area contributed by atoms with Crippen molar-refractivity contribution in [2.45, 2.75) is 63.9 Å². The number of hydrogen-bond acceptors (Lipinski definition) is 4. The Labute approximate surface area is 448 Å². The van der Waals surface area contributed by atoms with Gasteiger partial charge in [-0.05, 0) is 375 Å². The van der Waals surface area contributed by atoms with E-state index < -0.39 is 22.4 Å². The zero-order valence-electron chi connectivity index (χ0n) is 43.6. The molecule has 0 saturated carbocycles. The molecule has 0 heterocycles. The molecule has 5 aliphatic carbocycles. The van der Waals surface area contributed by atoms with Gasteiger partial charge in [0.15, 0.2) is 11.2 Å². The molecule has 0 amide bonds. The first-order valence-corrected chi connectivity index (χ1v) is 30.4. The first-order chi connectivity index (χ1) is 40.1. The highest BCUT2D eigenvalue weighted by molar-refractivity contribution is 6.83. The summed E-state index contributed by atoms with van der Waals surface area (Å²) in [4.78, 5) is 31.3. The molecule has 0 fully saturated rings. The summed E-state index contributed by atoms with van der Waals surface area (Å²) in [5.41, 5.74) is 4.40. The minimum Gasteiger partial charge on any atom is -0.229 e. The summed E-state index contributed by atoms with van der Waals surface area (Å²) in [7, 11) is 0. The van der Waals surface area contributed by atoms with Crippen molar-refractivity contribution in [3.05, 3.63) is 33.4 Å². The Balaban J connectivity index is 1.12. The van der Waals surface area contributed by atoms with Crippen LogP contribution in [0.4, 0.5) is 0 Å². The Morgan fingerprint density at radius 3 is 0.390 bits per heavy atom. The number of benzene rings is 21. The smallest absolute Gasteiger partial charge is 0.182 e. The molecule has 4 nitrogen and oxygen atoms in total. The Bertz CT molecular complexity index is 8800. The summed E-state index contributed by atoms with van der Waals surface area (Å²) in [6.45, 7) is 13.2. The van der Waals surface area contributed by atoms with Crippen molar-refractivity contribution in [1.82, 2.24) is 0 Å². The van der Waals surface area contributed by atoms with Crippen LogP contribution in [-0.2, 0) is 30.8 Å². The molecule has 4 heteroatoms. The molecule has 0 spiro atoms. The molecule has 82 heavy (non-hydrogen) atoms. The summed E-state index contributed by atoms with van der Waals surface area (Å²) < 4.78 is 0. The second-order valence-corrected chi connectivity index (χ2v) is 31.4. The summed E-state index contributed by atoms with van der Waals surface area (Å²) in [6, 6.07) is 0. The van der Waals surface area contributed by atoms with Crippen molar-refractivity contribution in [3.8, 4) is 0 Å². The molecule has 0 N–H and O–H groups in total. The number of hydrogen-bond donors (Lipinski definition) is 0. The van der Waals surface area contributed by atoms with Gasteiger partial charge < -0.3 is 0 Å². The minimum atomic E-state index is -1.14. The van der Waals surface area contributed by atoms with Gasteiger partial charge in [-0.15, -0.1) is 0 Å². The minimum absolute atomic E-state index is 0.615. The van der Waals surface area contributed by atoms with Crippen LogP contribution in [-0.4, -0.2) is 11.2 Å². The third kappa shape index (κ3) is 1.82. The van der Waals surface area contributed by atoms with E-state index in [1.165, 1.54) is 163 Å². The maximum Gasteiger partial charge on any atom is 0.182 e. The van der Waals surface area contributed by atoms with E-state index in [0.717, 1.165) is 0 Å². The fourth-order valence-corrected chi connectivity index (χ4v) is 27.5. The van der Waals surface area contributed by atoms with Crippen LogP contribution in [0, 0.1) is 0 Å². The lowest BCUT2D eigenvalue weighted by Gasteiger charge is -2.49. The zero-order chi connectivity index (χ0) is 50.1. The summed E-state index contributed by atoms with van der Waals surface area (Å²) >= 11 is 0. The first kappa shape index (κ1) is 32.4. The summed E-state index contributed by atoms with van der Waals surface area (Å²) in [5, 5.41) is 95.5. The van der Waals surface area contributed by atoms with Crippen LogP contribution in [0.3, 0.4) is 0 Å². The molecule has 0 bridgehead atoms. The maximum atomic E-state index is 8.28. The molecule has 32 aromatic carbocycles. The molecule has 0 saturated heterocycles. The van der Waals surface area contributed by atoms with Crippen LogP contribution in [0.15, 0.2) is 0 Å². The van der Waals surface area contributed by atoms with Crippen molar-refractivity contribution < 1.29 is 19.6 Å². The van der Waals surface area contributed by atoms with Crippen molar-refractivity contribution in [1.29, 1.82) is 0 Å². The van der Waals surface area contributed by atoms with E-state index in [4.69, 9.17) is 19.6 Å². The lowest BCUT2D eigenvalue weighted by Crippen LogP contribution is -2.48. The molecule has 32 aromatic rings. The van der Waals surface area contributed by atoms with E-state index in [1.54, 1.807) is 205 Å². The average molecular weight is 1020 g/mol. The highest BCUT2D eigenvalue weighted by Gasteiger charge is 2.69. The van der Waals surface area contributed by atoms with E-state index in [0.29, 0.717) is 0 Å². The van der Waals surface area contributed by atoms with E-state index in [2.05, 4.69) is 41.5 Å². The van der Waals surface area contributed by atoms with Crippen LogP contribution in [0.25, 0.3) is 334 Å². The lowest BCUT2D eigenvalue weighted by atomic mass is 9.59. The monoisotopic (exact) mass is 1020 g/mol. The largest absolute Gasteiger partial charge is 0.229 e. The van der Waals surface area contributed by atoms with E-state index >= 15 is 0 Å². The molecular weight excluding hydrogens is 1000 g/mol. The van der Waals surface area contributed by atoms with Gasteiger partial charge in [0.05, 0.1) is 11.2 Å². The fourth-order valence-electron chi connectivity index (χ4n) is 27.5. The van der Waals surface area contributed by atoms with Gasteiger partial charge in [-0.3, -0.25) is 0 Å². The van der Waals surface area contributed by atoms with E-state index in [-0.39, 0.29) is 0 Å². The van der Waals surface area contributed by atoms with Gasteiger partial charge in [0, 0.05) is 33.4 Å². The average Bonchev–Trinajstić information content (AvgIpc) is 1.39. The third-order valence-electron chi connectivity index (χ3n) is 27.7. The van der Waals surface area contributed by atoms with E-state index in [9.17, 15) is 0 Å². The van der Waals surface area contributed by atoms with Crippen LogP contribution in [0.2, 0.25) is 0 Å².